The number of halogens is 1. The van der Waals surface area contributed by atoms with E-state index in [4.69, 9.17) is 5.73 Å². The maximum Gasteiger partial charge on any atom is 0.125 e. The number of anilines is 1. The lowest BCUT2D eigenvalue weighted by molar-refractivity contribution is 0.100. The summed E-state index contributed by atoms with van der Waals surface area (Å²) in [6, 6.07) is 5.22. The highest BCUT2D eigenvalue weighted by Crippen LogP contribution is 2.17. The molecule has 1 aromatic rings. The maximum absolute atomic E-state index is 12.9. The highest BCUT2D eigenvalue weighted by atomic mass is 19.1. The molecule has 1 unspecified atom stereocenters. The first kappa shape index (κ1) is 12.3. The first-order valence-electron chi connectivity index (χ1n) is 6.03. The first-order chi connectivity index (χ1) is 8.06. The molecule has 2 rings (SSSR count). The summed E-state index contributed by atoms with van der Waals surface area (Å²) in [5.41, 5.74) is 7.39. The van der Waals surface area contributed by atoms with Crippen molar-refractivity contribution in [3.8, 4) is 0 Å². The number of hydrogen-bond acceptors (Lipinski definition) is 3. The van der Waals surface area contributed by atoms with E-state index >= 15 is 0 Å². The number of hydrogen-bond donors (Lipinski definition) is 1. The molecule has 0 radical (unpaired) electrons. The van der Waals surface area contributed by atoms with Crippen LogP contribution < -0.4 is 5.73 Å². The van der Waals surface area contributed by atoms with Crippen LogP contribution in [0.15, 0.2) is 18.2 Å². The Bertz CT molecular complexity index is 394. The highest BCUT2D eigenvalue weighted by molar-refractivity contribution is 5.46. The van der Waals surface area contributed by atoms with Crippen molar-refractivity contribution in [3.63, 3.8) is 0 Å². The van der Waals surface area contributed by atoms with Crippen LogP contribution in [-0.4, -0.2) is 42.5 Å². The van der Waals surface area contributed by atoms with E-state index in [1.54, 1.807) is 6.07 Å². The summed E-state index contributed by atoms with van der Waals surface area (Å²) in [6.07, 6.45) is 0. The van der Waals surface area contributed by atoms with Gasteiger partial charge in [0.2, 0.25) is 0 Å². The average Bonchev–Trinajstić information content (AvgIpc) is 2.27. The lowest BCUT2D eigenvalue weighted by Crippen LogP contribution is -2.49. The topological polar surface area (TPSA) is 32.5 Å². The third-order valence-electron chi connectivity index (χ3n) is 3.55. The van der Waals surface area contributed by atoms with Crippen molar-refractivity contribution in [1.82, 2.24) is 9.80 Å². The number of nitrogen functional groups attached to an aromatic ring is 1. The van der Waals surface area contributed by atoms with Gasteiger partial charge in [-0.1, -0.05) is 6.07 Å². The largest absolute Gasteiger partial charge is 0.398 e. The molecule has 3 nitrogen and oxygen atoms in total. The molecule has 0 amide bonds. The molecule has 1 fully saturated rings. The van der Waals surface area contributed by atoms with Gasteiger partial charge in [-0.2, -0.15) is 0 Å². The third kappa shape index (κ3) is 2.96. The summed E-state index contributed by atoms with van der Waals surface area (Å²) in [5, 5.41) is 0. The van der Waals surface area contributed by atoms with Crippen LogP contribution in [0.3, 0.4) is 0 Å². The molecule has 0 aromatic heterocycles. The predicted molar refractivity (Wildman–Crippen MR) is 68.2 cm³/mol. The molecule has 1 aliphatic rings. The summed E-state index contributed by atoms with van der Waals surface area (Å²) < 4.78 is 12.9. The van der Waals surface area contributed by atoms with Crippen LogP contribution in [0.1, 0.15) is 12.5 Å². The zero-order chi connectivity index (χ0) is 12.4. The average molecular weight is 237 g/mol. The quantitative estimate of drug-likeness (QED) is 0.792. The first-order valence-corrected chi connectivity index (χ1v) is 6.03. The number of nitrogens with zero attached hydrogens (tertiary/aromatic N) is 2. The van der Waals surface area contributed by atoms with Gasteiger partial charge < -0.3 is 10.6 Å². The SMILES string of the molecule is CC1CN(Cc2ccc(F)cc2N)CCN1C. The van der Waals surface area contributed by atoms with Crippen LogP contribution in [0.25, 0.3) is 0 Å². The van der Waals surface area contributed by atoms with E-state index in [-0.39, 0.29) is 5.82 Å². The molecule has 2 N–H and O–H groups in total. The van der Waals surface area contributed by atoms with E-state index < -0.39 is 0 Å². The molecular formula is C13H20FN3. The summed E-state index contributed by atoms with van der Waals surface area (Å²) >= 11 is 0. The Morgan fingerprint density at radius 3 is 2.82 bits per heavy atom. The molecule has 0 spiro atoms. The molecule has 0 saturated carbocycles. The summed E-state index contributed by atoms with van der Waals surface area (Å²) in [6.45, 7) is 6.18. The van der Waals surface area contributed by atoms with Gasteiger partial charge in [-0.05, 0) is 31.7 Å². The number of benzene rings is 1. The third-order valence-corrected chi connectivity index (χ3v) is 3.55. The number of piperazine rings is 1. The number of likely N-dealkylation sites (N-methyl/N-ethyl adjacent to an activating group) is 1. The Morgan fingerprint density at radius 1 is 1.41 bits per heavy atom. The smallest absolute Gasteiger partial charge is 0.125 e. The second-order valence-electron chi connectivity index (χ2n) is 4.91. The molecule has 1 saturated heterocycles. The Morgan fingerprint density at radius 2 is 2.18 bits per heavy atom. The Kier molecular flexibility index (Phi) is 3.64. The number of nitrogens with two attached hydrogens (primary N) is 1. The van der Waals surface area contributed by atoms with Gasteiger partial charge in [0.15, 0.2) is 0 Å². The van der Waals surface area contributed by atoms with Gasteiger partial charge in [0.05, 0.1) is 0 Å². The maximum atomic E-state index is 12.9. The van der Waals surface area contributed by atoms with Crippen LogP contribution in [0.2, 0.25) is 0 Å². The molecule has 1 aromatic carbocycles. The van der Waals surface area contributed by atoms with Crippen LogP contribution in [0, 0.1) is 5.82 Å². The van der Waals surface area contributed by atoms with Crippen molar-refractivity contribution in [1.29, 1.82) is 0 Å². The normalized spacial score (nSPS) is 22.9. The van der Waals surface area contributed by atoms with E-state index in [9.17, 15) is 4.39 Å². The van der Waals surface area contributed by atoms with Gasteiger partial charge in [0.25, 0.3) is 0 Å². The molecule has 1 heterocycles. The molecule has 1 atom stereocenters. The van der Waals surface area contributed by atoms with Gasteiger partial charge in [-0.15, -0.1) is 0 Å². The van der Waals surface area contributed by atoms with E-state index in [1.165, 1.54) is 12.1 Å². The standard InChI is InChI=1S/C13H20FN3/c1-10-8-17(6-5-16(10)2)9-11-3-4-12(14)7-13(11)15/h3-4,7,10H,5-6,8-9,15H2,1-2H3. The molecule has 0 bridgehead atoms. The summed E-state index contributed by atoms with van der Waals surface area (Å²) in [7, 11) is 2.15. The monoisotopic (exact) mass is 237 g/mol. The second-order valence-corrected chi connectivity index (χ2v) is 4.91. The minimum absolute atomic E-state index is 0.266. The van der Waals surface area contributed by atoms with Crippen molar-refractivity contribution in [2.24, 2.45) is 0 Å². The Balaban J connectivity index is 2.01. The van der Waals surface area contributed by atoms with Crippen molar-refractivity contribution < 1.29 is 4.39 Å². The van der Waals surface area contributed by atoms with Crippen molar-refractivity contribution in [2.45, 2.75) is 19.5 Å². The Hall–Kier alpha value is -1.13. The van der Waals surface area contributed by atoms with E-state index in [0.29, 0.717) is 11.7 Å². The lowest BCUT2D eigenvalue weighted by Gasteiger charge is -2.37. The summed E-state index contributed by atoms with van der Waals surface area (Å²) in [4.78, 5) is 4.72. The van der Waals surface area contributed by atoms with Crippen LogP contribution in [0.5, 0.6) is 0 Å². The van der Waals surface area contributed by atoms with Gasteiger partial charge in [0, 0.05) is 37.9 Å². The summed E-state index contributed by atoms with van der Waals surface area (Å²) in [5.74, 6) is -0.266. The highest BCUT2D eigenvalue weighted by Gasteiger charge is 2.20. The zero-order valence-corrected chi connectivity index (χ0v) is 10.5. The predicted octanol–water partition coefficient (Wildman–Crippen LogP) is 1.54. The zero-order valence-electron chi connectivity index (χ0n) is 10.5. The minimum atomic E-state index is -0.266. The van der Waals surface area contributed by atoms with Crippen molar-refractivity contribution in [2.75, 3.05) is 32.4 Å². The minimum Gasteiger partial charge on any atom is -0.398 e. The van der Waals surface area contributed by atoms with Crippen molar-refractivity contribution >= 4 is 5.69 Å². The molecule has 0 aliphatic carbocycles. The fourth-order valence-electron chi connectivity index (χ4n) is 2.22. The van der Waals surface area contributed by atoms with Crippen molar-refractivity contribution in [3.05, 3.63) is 29.6 Å². The fraction of sp³-hybridized carbons (Fsp3) is 0.538. The fourth-order valence-corrected chi connectivity index (χ4v) is 2.22. The van der Waals surface area contributed by atoms with E-state index in [1.807, 2.05) is 0 Å². The van der Waals surface area contributed by atoms with Gasteiger partial charge >= 0.3 is 0 Å². The molecule has 1 aliphatic heterocycles. The van der Waals surface area contributed by atoms with Crippen LogP contribution in [-0.2, 0) is 6.54 Å². The molecule has 94 valence electrons. The van der Waals surface area contributed by atoms with E-state index in [0.717, 1.165) is 31.7 Å². The molecule has 17 heavy (non-hydrogen) atoms. The second kappa shape index (κ2) is 5.02. The van der Waals surface area contributed by atoms with Crippen LogP contribution in [0.4, 0.5) is 10.1 Å². The number of rotatable bonds is 2. The van der Waals surface area contributed by atoms with Crippen LogP contribution >= 0.6 is 0 Å². The van der Waals surface area contributed by atoms with E-state index in [2.05, 4.69) is 23.8 Å². The van der Waals surface area contributed by atoms with Gasteiger partial charge in [-0.3, -0.25) is 4.90 Å². The molecule has 4 heteroatoms. The van der Waals surface area contributed by atoms with Gasteiger partial charge in [-0.25, -0.2) is 4.39 Å². The van der Waals surface area contributed by atoms with Gasteiger partial charge in [0.1, 0.15) is 5.82 Å². The lowest BCUT2D eigenvalue weighted by atomic mass is 10.1. The Labute approximate surface area is 102 Å². The molecular weight excluding hydrogens is 217 g/mol.